The number of carbonyl (C=O) groups is 2. The number of hydrogen-bond acceptors (Lipinski definition) is 9. The first-order valence-electron chi connectivity index (χ1n) is 18.1. The largest absolute Gasteiger partial charge is 0.460 e. The number of amides is 1. The highest BCUT2D eigenvalue weighted by Crippen LogP contribution is 2.35. The third kappa shape index (κ3) is 14.0. The molecule has 0 aromatic heterocycles. The van der Waals surface area contributed by atoms with Crippen molar-refractivity contribution < 1.29 is 19.1 Å². The lowest BCUT2D eigenvalue weighted by Gasteiger charge is -2.33. The number of nitriles is 2. The Balaban J connectivity index is 2.45. The summed E-state index contributed by atoms with van der Waals surface area (Å²) in [6.45, 7) is 15.2. The van der Waals surface area contributed by atoms with Crippen LogP contribution in [0.3, 0.4) is 0 Å². The molecule has 10 heteroatoms. The van der Waals surface area contributed by atoms with E-state index in [0.29, 0.717) is 29.8 Å². The molecule has 266 valence electrons. The fourth-order valence-corrected chi connectivity index (χ4v) is 5.60. The predicted octanol–water partition coefficient (Wildman–Crippen LogP) is 10.0. The van der Waals surface area contributed by atoms with Gasteiger partial charge in [0.2, 0.25) is 5.91 Å². The lowest BCUT2D eigenvalue weighted by atomic mass is 9.95. The second-order valence-electron chi connectivity index (χ2n) is 12.6. The van der Waals surface area contributed by atoms with Gasteiger partial charge in [-0.05, 0) is 61.4 Å². The van der Waals surface area contributed by atoms with Crippen molar-refractivity contribution in [2.24, 2.45) is 22.1 Å². The number of nitrogens with one attached hydrogen (secondary N) is 1. The minimum atomic E-state index is -0.663. The standard InChI is InChI=1S/C39H56N6O4/c1-7-12-15-30(10-4)27-45(28-31(11-5)16-13-8-2)35-17-18-36(37(24-35)42-29(6)46)43-44-38-33(25-40)22-32(23-34(38)26-41)39(47)49-21-20-48-19-14-9-3/h17-18,22-24,30-31H,7-16,19-21,27-28H2,1-6H3,(H,42,46). The molecular formula is C39H56N6O4. The van der Waals surface area contributed by atoms with Gasteiger partial charge in [-0.2, -0.15) is 10.5 Å². The molecule has 1 amide bonds. The zero-order chi connectivity index (χ0) is 36.0. The molecule has 0 aliphatic carbocycles. The summed E-state index contributed by atoms with van der Waals surface area (Å²) in [6, 6.07) is 12.5. The van der Waals surface area contributed by atoms with Gasteiger partial charge >= 0.3 is 5.97 Å². The highest BCUT2D eigenvalue weighted by atomic mass is 16.6. The summed E-state index contributed by atoms with van der Waals surface area (Å²) in [5.74, 6) is 0.197. The van der Waals surface area contributed by atoms with Gasteiger partial charge < -0.3 is 19.7 Å². The van der Waals surface area contributed by atoms with E-state index >= 15 is 0 Å². The van der Waals surface area contributed by atoms with Gasteiger partial charge in [-0.25, -0.2) is 4.79 Å². The number of carbonyl (C=O) groups excluding carboxylic acids is 2. The fourth-order valence-electron chi connectivity index (χ4n) is 5.60. The molecule has 0 spiro atoms. The Morgan fingerprint density at radius 2 is 1.41 bits per heavy atom. The summed E-state index contributed by atoms with van der Waals surface area (Å²) < 4.78 is 10.7. The molecule has 0 saturated heterocycles. The summed E-state index contributed by atoms with van der Waals surface area (Å²) in [6.07, 6.45) is 11.2. The van der Waals surface area contributed by atoms with Crippen molar-refractivity contribution in [2.45, 2.75) is 106 Å². The summed E-state index contributed by atoms with van der Waals surface area (Å²) >= 11 is 0. The van der Waals surface area contributed by atoms with Gasteiger partial charge in [0.15, 0.2) is 0 Å². The first kappa shape index (κ1) is 40.9. The highest BCUT2D eigenvalue weighted by molar-refractivity contribution is 5.93. The Labute approximate surface area is 293 Å². The van der Waals surface area contributed by atoms with Crippen molar-refractivity contribution in [1.82, 2.24) is 0 Å². The van der Waals surface area contributed by atoms with Crippen molar-refractivity contribution in [3.05, 3.63) is 47.0 Å². The summed E-state index contributed by atoms with van der Waals surface area (Å²) in [7, 11) is 0. The zero-order valence-corrected chi connectivity index (χ0v) is 30.5. The molecule has 0 aliphatic heterocycles. The quantitative estimate of drug-likeness (QED) is 0.0703. The van der Waals surface area contributed by atoms with E-state index in [0.717, 1.165) is 44.5 Å². The normalized spacial score (nSPS) is 12.2. The van der Waals surface area contributed by atoms with Crippen LogP contribution in [0.1, 0.15) is 127 Å². The number of nitrogens with zero attached hydrogens (tertiary/aromatic N) is 5. The Morgan fingerprint density at radius 1 is 0.816 bits per heavy atom. The molecule has 1 N–H and O–H groups in total. The third-order valence-electron chi connectivity index (χ3n) is 8.65. The van der Waals surface area contributed by atoms with E-state index in [9.17, 15) is 20.1 Å². The average Bonchev–Trinajstić information content (AvgIpc) is 3.11. The van der Waals surface area contributed by atoms with Crippen molar-refractivity contribution in [3.63, 3.8) is 0 Å². The molecule has 2 aromatic carbocycles. The smallest absolute Gasteiger partial charge is 0.338 e. The maximum Gasteiger partial charge on any atom is 0.338 e. The molecule has 2 aromatic rings. The predicted molar refractivity (Wildman–Crippen MR) is 196 cm³/mol. The second kappa shape index (κ2) is 23.1. The summed E-state index contributed by atoms with van der Waals surface area (Å²) in [4.78, 5) is 27.4. The van der Waals surface area contributed by atoms with Gasteiger partial charge in [0, 0.05) is 32.3 Å². The topological polar surface area (TPSA) is 140 Å². The van der Waals surface area contributed by atoms with E-state index in [1.54, 1.807) is 0 Å². The number of ether oxygens (including phenoxy) is 2. The molecule has 49 heavy (non-hydrogen) atoms. The molecular weight excluding hydrogens is 616 g/mol. The van der Waals surface area contributed by atoms with E-state index in [1.165, 1.54) is 57.6 Å². The SMILES string of the molecule is CCCCOCCOC(=O)c1cc(C#N)c(N=Nc2ccc(N(CC(CC)CCCC)CC(CC)CCCC)cc2NC(C)=O)c(C#N)c1. The molecule has 0 bridgehead atoms. The first-order valence-corrected chi connectivity index (χ1v) is 18.1. The Bertz CT molecular complexity index is 1390. The van der Waals surface area contributed by atoms with Crippen LogP contribution in [0.2, 0.25) is 0 Å². The maximum atomic E-state index is 12.7. The van der Waals surface area contributed by atoms with Crippen LogP contribution in [-0.4, -0.2) is 44.8 Å². The maximum absolute atomic E-state index is 12.7. The minimum absolute atomic E-state index is 0.00758. The Kier molecular flexibility index (Phi) is 19.3. The van der Waals surface area contributed by atoms with E-state index in [2.05, 4.69) is 55.1 Å². The van der Waals surface area contributed by atoms with Crippen LogP contribution < -0.4 is 10.2 Å². The molecule has 0 heterocycles. The highest BCUT2D eigenvalue weighted by Gasteiger charge is 2.20. The molecule has 2 rings (SSSR count). The summed E-state index contributed by atoms with van der Waals surface area (Å²) in [5.41, 5.74) is 1.99. The van der Waals surface area contributed by atoms with Gasteiger partial charge in [0.25, 0.3) is 0 Å². The number of rotatable bonds is 23. The molecule has 0 saturated carbocycles. The number of azo groups is 1. The Hall–Kier alpha value is -4.28. The number of esters is 1. The lowest BCUT2D eigenvalue weighted by Crippen LogP contribution is -2.34. The van der Waals surface area contributed by atoms with Crippen LogP contribution in [0.15, 0.2) is 40.6 Å². The van der Waals surface area contributed by atoms with Crippen LogP contribution in [0.5, 0.6) is 0 Å². The van der Waals surface area contributed by atoms with E-state index in [1.807, 2.05) is 30.3 Å². The zero-order valence-electron chi connectivity index (χ0n) is 30.5. The van der Waals surface area contributed by atoms with Crippen LogP contribution in [0.4, 0.5) is 22.7 Å². The van der Waals surface area contributed by atoms with Gasteiger partial charge in [0.1, 0.15) is 30.1 Å². The van der Waals surface area contributed by atoms with Crippen LogP contribution in [-0.2, 0) is 14.3 Å². The van der Waals surface area contributed by atoms with Gasteiger partial charge in [-0.15, -0.1) is 10.2 Å². The van der Waals surface area contributed by atoms with Crippen molar-refractivity contribution in [3.8, 4) is 12.1 Å². The average molecular weight is 673 g/mol. The molecule has 10 nitrogen and oxygen atoms in total. The minimum Gasteiger partial charge on any atom is -0.460 e. The molecule has 2 unspecified atom stereocenters. The number of hydrogen-bond donors (Lipinski definition) is 1. The van der Waals surface area contributed by atoms with Crippen molar-refractivity contribution in [2.75, 3.05) is 43.1 Å². The van der Waals surface area contributed by atoms with Gasteiger partial charge in [-0.1, -0.05) is 79.6 Å². The van der Waals surface area contributed by atoms with Crippen LogP contribution >= 0.6 is 0 Å². The van der Waals surface area contributed by atoms with Crippen LogP contribution in [0.25, 0.3) is 0 Å². The lowest BCUT2D eigenvalue weighted by molar-refractivity contribution is -0.114. The van der Waals surface area contributed by atoms with E-state index in [-0.39, 0.29) is 41.5 Å². The fraction of sp³-hybridized carbons (Fsp3) is 0.590. The van der Waals surface area contributed by atoms with Crippen molar-refractivity contribution >= 4 is 34.6 Å². The summed E-state index contributed by atoms with van der Waals surface area (Å²) in [5, 5.41) is 31.4. The third-order valence-corrected chi connectivity index (χ3v) is 8.65. The van der Waals surface area contributed by atoms with E-state index in [4.69, 9.17) is 9.47 Å². The van der Waals surface area contributed by atoms with Crippen LogP contribution in [0, 0.1) is 34.5 Å². The number of unbranched alkanes of at least 4 members (excludes halogenated alkanes) is 3. The van der Waals surface area contributed by atoms with E-state index < -0.39 is 5.97 Å². The second-order valence-corrected chi connectivity index (χ2v) is 12.6. The molecule has 0 aliphatic rings. The monoisotopic (exact) mass is 672 g/mol. The van der Waals surface area contributed by atoms with Gasteiger partial charge in [0.05, 0.1) is 29.0 Å². The first-order chi connectivity index (χ1) is 23.7. The number of anilines is 2. The van der Waals surface area contributed by atoms with Gasteiger partial charge in [-0.3, -0.25) is 4.79 Å². The van der Waals surface area contributed by atoms with Crippen molar-refractivity contribution in [1.29, 1.82) is 10.5 Å². The molecule has 0 radical (unpaired) electrons. The Morgan fingerprint density at radius 3 is 1.92 bits per heavy atom. The number of benzene rings is 2. The molecule has 2 atom stereocenters. The molecule has 0 fully saturated rings.